The van der Waals surface area contributed by atoms with Crippen LogP contribution in [0.25, 0.3) is 43.1 Å². The number of fused-ring (bicyclic) bond motifs is 2. The largest absolute Gasteiger partial charge is 0.478 e. The molecule has 0 unspecified atom stereocenters. The van der Waals surface area contributed by atoms with E-state index in [1.807, 2.05) is 0 Å². The van der Waals surface area contributed by atoms with Crippen LogP contribution in [-0.2, 0) is 0 Å². The molecule has 0 saturated carbocycles. The summed E-state index contributed by atoms with van der Waals surface area (Å²) in [4.78, 5) is 67.4. The van der Waals surface area contributed by atoms with Gasteiger partial charge < -0.3 is 31.9 Å². The van der Waals surface area contributed by atoms with Gasteiger partial charge in [-0.2, -0.15) is 0 Å². The van der Waals surface area contributed by atoms with Gasteiger partial charge in [-0.3, -0.25) is 5.32 Å². The summed E-state index contributed by atoms with van der Waals surface area (Å²) in [6.45, 7) is 0. The van der Waals surface area contributed by atoms with Crippen LogP contribution in [0.5, 0.6) is 0 Å². The van der Waals surface area contributed by atoms with Crippen LogP contribution in [0.15, 0.2) is 45.3 Å². The normalized spacial score (nSPS) is 10.9. The summed E-state index contributed by atoms with van der Waals surface area (Å²) in [5, 5.41) is 43.3. The number of amides is 4. The number of halogens is 2. The standard InChI is InChI=1S/C24H10Br2O8.C2H5N3O2/c25-13-5-12(24(33)34)16-10(22(29)30)4-2-8-18-14(26)6-11(23(31)32)15-9(21(27)28)3-1-7(19(15)18)17(13)20(8)16;3-1(6)5-2(4)7/h1-6H,(H,27,28)(H,29,30)(H,31,32)(H,33,34);(H5,3,4,5,6,7). The van der Waals surface area contributed by atoms with E-state index in [0.717, 1.165) is 0 Å². The molecule has 0 saturated heterocycles. The van der Waals surface area contributed by atoms with Crippen LogP contribution < -0.4 is 16.8 Å². The molecular formula is C26H15Br2N3O10. The molecule has 0 aliphatic rings. The minimum absolute atomic E-state index is 0.0195. The van der Waals surface area contributed by atoms with Crippen molar-refractivity contribution in [2.75, 3.05) is 0 Å². The smallest absolute Gasteiger partial charge is 0.336 e. The first kappa shape index (κ1) is 29.0. The zero-order valence-corrected chi connectivity index (χ0v) is 23.3. The molecule has 0 heterocycles. The first-order valence-electron chi connectivity index (χ1n) is 11.1. The molecule has 15 heteroatoms. The molecule has 41 heavy (non-hydrogen) atoms. The number of hydrogen-bond acceptors (Lipinski definition) is 6. The fourth-order valence-electron chi connectivity index (χ4n) is 4.82. The average molecular weight is 689 g/mol. The third-order valence-electron chi connectivity index (χ3n) is 6.18. The summed E-state index contributed by atoms with van der Waals surface area (Å²) in [6.07, 6.45) is 0. The summed E-state index contributed by atoms with van der Waals surface area (Å²) in [6, 6.07) is 6.34. The number of hydrogen-bond donors (Lipinski definition) is 7. The Morgan fingerprint density at radius 3 is 1.07 bits per heavy atom. The molecule has 5 rings (SSSR count). The number of carbonyl (C=O) groups excluding carboxylic acids is 2. The fraction of sp³-hybridized carbons (Fsp3) is 0. The Kier molecular flexibility index (Phi) is 7.43. The predicted octanol–water partition coefficient (Wildman–Crippen LogP) is 4.79. The number of primary amides is 2. The SMILES string of the molecule is NC(=O)NC(N)=O.O=C(O)c1ccc2c3c(Br)cc(C(=O)O)c4c(C(=O)O)ccc(c5c(Br)cc(C(=O)O)c1c25)c43. The van der Waals surface area contributed by atoms with Crippen LogP contribution in [0, 0.1) is 0 Å². The molecule has 9 N–H and O–H groups in total. The van der Waals surface area contributed by atoms with Crippen LogP contribution in [0.3, 0.4) is 0 Å². The maximum atomic E-state index is 12.1. The topological polar surface area (TPSA) is 247 Å². The zero-order valence-electron chi connectivity index (χ0n) is 20.1. The van der Waals surface area contributed by atoms with Gasteiger partial charge in [0.2, 0.25) is 0 Å². The molecule has 0 fully saturated rings. The van der Waals surface area contributed by atoms with Gasteiger partial charge in [-0.15, -0.1) is 0 Å². The van der Waals surface area contributed by atoms with Gasteiger partial charge in [0.1, 0.15) is 0 Å². The number of aromatic carboxylic acids is 4. The summed E-state index contributed by atoms with van der Waals surface area (Å²) in [5.74, 6) is -5.24. The molecule has 0 bridgehead atoms. The predicted molar refractivity (Wildman–Crippen MR) is 153 cm³/mol. The Morgan fingerprint density at radius 1 is 0.512 bits per heavy atom. The van der Waals surface area contributed by atoms with Gasteiger partial charge in [0.05, 0.1) is 22.3 Å². The van der Waals surface area contributed by atoms with Crippen molar-refractivity contribution < 1.29 is 49.2 Å². The van der Waals surface area contributed by atoms with Crippen molar-refractivity contribution >= 4 is 111 Å². The van der Waals surface area contributed by atoms with E-state index in [0.29, 0.717) is 41.3 Å². The Morgan fingerprint density at radius 2 is 0.829 bits per heavy atom. The van der Waals surface area contributed by atoms with Gasteiger partial charge in [-0.25, -0.2) is 28.8 Å². The van der Waals surface area contributed by atoms with Crippen LogP contribution in [0.1, 0.15) is 41.4 Å². The maximum Gasteiger partial charge on any atom is 0.336 e. The molecule has 5 aromatic rings. The number of urea groups is 2. The van der Waals surface area contributed by atoms with Crippen molar-refractivity contribution in [3.05, 3.63) is 67.6 Å². The molecule has 5 aromatic carbocycles. The zero-order chi connectivity index (χ0) is 30.5. The number of imide groups is 1. The van der Waals surface area contributed by atoms with E-state index in [-0.39, 0.29) is 33.0 Å². The number of rotatable bonds is 4. The lowest BCUT2D eigenvalue weighted by Gasteiger charge is -2.20. The molecule has 208 valence electrons. The lowest BCUT2D eigenvalue weighted by atomic mass is 9.84. The Hall–Kier alpha value is -5.02. The molecular weight excluding hydrogens is 674 g/mol. The van der Waals surface area contributed by atoms with Gasteiger partial charge in [-0.05, 0) is 35.0 Å². The van der Waals surface area contributed by atoms with Gasteiger partial charge in [-0.1, -0.05) is 44.0 Å². The minimum Gasteiger partial charge on any atom is -0.478 e. The Bertz CT molecular complexity index is 1880. The highest BCUT2D eigenvalue weighted by atomic mass is 79.9. The first-order chi connectivity index (χ1) is 19.2. The van der Waals surface area contributed by atoms with E-state index in [2.05, 4.69) is 43.3 Å². The third kappa shape index (κ3) is 4.81. The first-order valence-corrected chi connectivity index (χ1v) is 12.6. The summed E-state index contributed by atoms with van der Waals surface area (Å²) in [7, 11) is 0. The molecule has 0 atom stereocenters. The second-order valence-corrected chi connectivity index (χ2v) is 10.2. The van der Waals surface area contributed by atoms with Gasteiger partial charge in [0.15, 0.2) is 0 Å². The van der Waals surface area contributed by atoms with Crippen molar-refractivity contribution in [2.24, 2.45) is 11.5 Å². The second kappa shape index (κ2) is 10.5. The molecule has 0 aliphatic carbocycles. The van der Waals surface area contributed by atoms with Crippen LogP contribution in [0.2, 0.25) is 0 Å². The average Bonchev–Trinajstić information content (AvgIpc) is 2.86. The summed E-state index contributed by atoms with van der Waals surface area (Å²) < 4.78 is 0.682. The van der Waals surface area contributed by atoms with E-state index >= 15 is 0 Å². The van der Waals surface area contributed by atoms with E-state index in [4.69, 9.17) is 0 Å². The lowest BCUT2D eigenvalue weighted by molar-refractivity contribution is 0.0681. The van der Waals surface area contributed by atoms with Crippen LogP contribution >= 0.6 is 31.9 Å². The highest BCUT2D eigenvalue weighted by molar-refractivity contribution is 9.11. The third-order valence-corrected chi connectivity index (χ3v) is 7.43. The highest BCUT2D eigenvalue weighted by Gasteiger charge is 2.28. The number of nitrogens with one attached hydrogen (secondary N) is 1. The summed E-state index contributed by atoms with van der Waals surface area (Å²) >= 11 is 6.80. The van der Waals surface area contributed by atoms with Crippen molar-refractivity contribution in [1.29, 1.82) is 0 Å². The highest BCUT2D eigenvalue weighted by Crippen LogP contribution is 2.48. The Balaban J connectivity index is 0.000000493. The van der Waals surface area contributed by atoms with Crippen LogP contribution in [0.4, 0.5) is 9.59 Å². The quantitative estimate of drug-likeness (QED) is 0.100. The minimum atomic E-state index is -1.32. The van der Waals surface area contributed by atoms with Crippen molar-refractivity contribution in [1.82, 2.24) is 5.32 Å². The molecule has 0 spiro atoms. The van der Waals surface area contributed by atoms with E-state index in [1.165, 1.54) is 36.4 Å². The van der Waals surface area contributed by atoms with Crippen LogP contribution in [-0.4, -0.2) is 56.4 Å². The van der Waals surface area contributed by atoms with E-state index in [1.54, 1.807) is 5.32 Å². The van der Waals surface area contributed by atoms with E-state index in [9.17, 15) is 49.2 Å². The monoisotopic (exact) mass is 687 g/mol. The number of carboxylic acids is 4. The summed E-state index contributed by atoms with van der Waals surface area (Å²) in [5.41, 5.74) is 8.04. The fourth-order valence-corrected chi connectivity index (χ4v) is 6.11. The number of carbonyl (C=O) groups is 6. The van der Waals surface area contributed by atoms with E-state index < -0.39 is 35.9 Å². The van der Waals surface area contributed by atoms with Gasteiger partial charge in [0, 0.05) is 41.3 Å². The van der Waals surface area contributed by atoms with Gasteiger partial charge in [0.25, 0.3) is 0 Å². The van der Waals surface area contributed by atoms with Crippen molar-refractivity contribution in [3.63, 3.8) is 0 Å². The number of nitrogens with two attached hydrogens (primary N) is 2. The van der Waals surface area contributed by atoms with Crippen molar-refractivity contribution in [3.8, 4) is 0 Å². The van der Waals surface area contributed by atoms with Crippen molar-refractivity contribution in [2.45, 2.75) is 0 Å². The molecule has 0 aliphatic heterocycles. The Labute approximate surface area is 243 Å². The number of benzene rings is 5. The molecule has 0 aromatic heterocycles. The maximum absolute atomic E-state index is 12.1. The molecule has 13 nitrogen and oxygen atoms in total. The van der Waals surface area contributed by atoms with Gasteiger partial charge >= 0.3 is 35.9 Å². The molecule has 0 radical (unpaired) electrons. The number of carboxylic acid groups (broad SMARTS) is 4. The lowest BCUT2D eigenvalue weighted by Crippen LogP contribution is -2.38. The molecule has 4 amide bonds. The second-order valence-electron chi connectivity index (χ2n) is 8.46.